The zero-order chi connectivity index (χ0) is 25.0. The molecular formula is C26H26N2O6S. The Morgan fingerprint density at radius 1 is 1.03 bits per heavy atom. The van der Waals surface area contributed by atoms with E-state index in [1.165, 1.54) is 7.11 Å². The third kappa shape index (κ3) is 5.70. The number of nitrogens with zero attached hydrogens (tertiary/aromatic N) is 2. The van der Waals surface area contributed by atoms with Gasteiger partial charge in [0.05, 0.1) is 30.3 Å². The van der Waals surface area contributed by atoms with Crippen molar-refractivity contribution >= 4 is 27.0 Å². The lowest BCUT2D eigenvalue weighted by molar-refractivity contribution is 0.0598. The number of fused-ring (bicyclic) bond motifs is 1. The molecule has 3 aromatic carbocycles. The number of aromatic nitrogens is 2. The maximum atomic E-state index is 12.3. The average molecular weight is 495 g/mol. The van der Waals surface area contributed by atoms with E-state index in [9.17, 15) is 13.2 Å². The Kier molecular flexibility index (Phi) is 7.18. The van der Waals surface area contributed by atoms with Gasteiger partial charge in [0.15, 0.2) is 0 Å². The molecule has 0 spiro atoms. The molecule has 0 fully saturated rings. The SMILES string of the molecule is COC(=O)c1cc2cnn(C)c2cc1Oc1ccc(CCCOS(=O)(=O)c2ccc(C)cc2)cc1. The molecule has 35 heavy (non-hydrogen) atoms. The van der Waals surface area contributed by atoms with Crippen LogP contribution in [0.1, 0.15) is 27.9 Å². The van der Waals surface area contributed by atoms with Crippen molar-refractivity contribution in [1.82, 2.24) is 9.78 Å². The van der Waals surface area contributed by atoms with Gasteiger partial charge in [-0.1, -0.05) is 29.8 Å². The molecule has 9 heteroatoms. The molecule has 0 aliphatic rings. The van der Waals surface area contributed by atoms with E-state index in [4.69, 9.17) is 13.7 Å². The Labute approximate surface area is 204 Å². The second-order valence-electron chi connectivity index (χ2n) is 8.11. The monoisotopic (exact) mass is 494 g/mol. The van der Waals surface area contributed by atoms with E-state index in [0.717, 1.165) is 22.0 Å². The van der Waals surface area contributed by atoms with Crippen molar-refractivity contribution in [2.75, 3.05) is 13.7 Å². The fraction of sp³-hybridized carbons (Fsp3) is 0.231. The first-order valence-electron chi connectivity index (χ1n) is 11.0. The molecule has 0 bridgehead atoms. The predicted molar refractivity (Wildman–Crippen MR) is 131 cm³/mol. The molecule has 0 aliphatic carbocycles. The fourth-order valence-electron chi connectivity index (χ4n) is 3.60. The average Bonchev–Trinajstić information content (AvgIpc) is 3.21. The number of esters is 1. The van der Waals surface area contributed by atoms with E-state index >= 15 is 0 Å². The Morgan fingerprint density at radius 3 is 2.43 bits per heavy atom. The van der Waals surface area contributed by atoms with Gasteiger partial charge >= 0.3 is 5.97 Å². The van der Waals surface area contributed by atoms with Crippen LogP contribution in [0.15, 0.2) is 71.8 Å². The molecule has 0 amide bonds. The number of hydrogen-bond donors (Lipinski definition) is 0. The first kappa shape index (κ1) is 24.4. The molecule has 0 unspecified atom stereocenters. The second kappa shape index (κ2) is 10.3. The van der Waals surface area contributed by atoms with Crippen LogP contribution < -0.4 is 4.74 Å². The van der Waals surface area contributed by atoms with Crippen molar-refractivity contribution < 1.29 is 26.9 Å². The quantitative estimate of drug-likeness (QED) is 0.187. The molecule has 4 rings (SSSR count). The summed E-state index contributed by atoms with van der Waals surface area (Å²) in [5.41, 5.74) is 3.12. The number of carbonyl (C=O) groups is 1. The Morgan fingerprint density at radius 2 is 1.74 bits per heavy atom. The van der Waals surface area contributed by atoms with Crippen LogP contribution in [-0.2, 0) is 32.5 Å². The standard InChI is InChI=1S/C26H26N2O6S/c1-18-6-12-22(13-7-18)35(30,31)33-14-4-5-19-8-10-21(11-9-19)34-25-16-24-20(17-27-28(24)2)15-23(25)26(29)32-3/h6-13,15-17H,4-5,14H2,1-3H3. The number of rotatable bonds is 9. The van der Waals surface area contributed by atoms with Gasteiger partial charge < -0.3 is 9.47 Å². The highest BCUT2D eigenvalue weighted by Crippen LogP contribution is 2.31. The molecule has 0 atom stereocenters. The van der Waals surface area contributed by atoms with Gasteiger partial charge in [0.25, 0.3) is 10.1 Å². The van der Waals surface area contributed by atoms with Crippen LogP contribution in [0.4, 0.5) is 0 Å². The lowest BCUT2D eigenvalue weighted by atomic mass is 10.1. The van der Waals surface area contributed by atoms with Gasteiger partial charge in [-0.05, 0) is 55.7 Å². The van der Waals surface area contributed by atoms with Crippen molar-refractivity contribution in [1.29, 1.82) is 0 Å². The van der Waals surface area contributed by atoms with Crippen LogP contribution in [0.2, 0.25) is 0 Å². The Hall–Kier alpha value is -3.69. The van der Waals surface area contributed by atoms with Gasteiger partial charge in [-0.3, -0.25) is 8.86 Å². The number of methoxy groups -OCH3 is 1. The summed E-state index contributed by atoms with van der Waals surface area (Å²) in [5, 5.41) is 5.02. The van der Waals surface area contributed by atoms with E-state index in [1.807, 2.05) is 26.1 Å². The summed E-state index contributed by atoms with van der Waals surface area (Å²) < 4.78 is 42.3. The van der Waals surface area contributed by atoms with Gasteiger partial charge in [0.1, 0.15) is 17.1 Å². The largest absolute Gasteiger partial charge is 0.465 e. The Balaban J connectivity index is 1.38. The summed E-state index contributed by atoms with van der Waals surface area (Å²) in [6.07, 6.45) is 2.85. The van der Waals surface area contributed by atoms with Crippen molar-refractivity contribution in [3.8, 4) is 11.5 Å². The van der Waals surface area contributed by atoms with Crippen molar-refractivity contribution in [2.24, 2.45) is 7.05 Å². The van der Waals surface area contributed by atoms with E-state index < -0.39 is 16.1 Å². The van der Waals surface area contributed by atoms with Gasteiger partial charge in [-0.25, -0.2) is 4.79 Å². The highest BCUT2D eigenvalue weighted by atomic mass is 32.2. The fourth-order valence-corrected chi connectivity index (χ4v) is 4.55. The molecule has 1 heterocycles. The molecule has 182 valence electrons. The minimum atomic E-state index is -3.76. The van der Waals surface area contributed by atoms with Gasteiger partial charge in [0, 0.05) is 18.5 Å². The molecule has 0 aliphatic heterocycles. The molecule has 0 saturated carbocycles. The lowest BCUT2D eigenvalue weighted by Gasteiger charge is -2.11. The van der Waals surface area contributed by atoms with Crippen LogP contribution in [0.3, 0.4) is 0 Å². The minimum absolute atomic E-state index is 0.0850. The summed E-state index contributed by atoms with van der Waals surface area (Å²) >= 11 is 0. The molecule has 1 aromatic heterocycles. The first-order valence-corrected chi connectivity index (χ1v) is 12.4. The van der Waals surface area contributed by atoms with Gasteiger partial charge in [-0.2, -0.15) is 13.5 Å². The lowest BCUT2D eigenvalue weighted by Crippen LogP contribution is -2.08. The van der Waals surface area contributed by atoms with E-state index in [-0.39, 0.29) is 11.5 Å². The van der Waals surface area contributed by atoms with Gasteiger partial charge in [0.2, 0.25) is 0 Å². The normalized spacial score (nSPS) is 11.5. The van der Waals surface area contributed by atoms with Crippen LogP contribution in [0.5, 0.6) is 11.5 Å². The Bertz CT molecular complexity index is 1440. The number of carbonyl (C=O) groups excluding carboxylic acids is 1. The first-order chi connectivity index (χ1) is 16.8. The van der Waals surface area contributed by atoms with Crippen molar-refractivity contribution in [3.63, 3.8) is 0 Å². The minimum Gasteiger partial charge on any atom is -0.465 e. The van der Waals surface area contributed by atoms with Crippen LogP contribution in [-0.4, -0.2) is 37.9 Å². The van der Waals surface area contributed by atoms with Gasteiger partial charge in [-0.15, -0.1) is 0 Å². The maximum Gasteiger partial charge on any atom is 0.341 e. The van der Waals surface area contributed by atoms with E-state index in [1.54, 1.807) is 59.4 Å². The highest BCUT2D eigenvalue weighted by molar-refractivity contribution is 7.86. The second-order valence-corrected chi connectivity index (χ2v) is 9.72. The number of hydrogen-bond acceptors (Lipinski definition) is 7. The van der Waals surface area contributed by atoms with Crippen molar-refractivity contribution in [2.45, 2.75) is 24.7 Å². The molecule has 0 radical (unpaired) electrons. The molecule has 0 saturated heterocycles. The summed E-state index contributed by atoms with van der Waals surface area (Å²) in [5.74, 6) is 0.428. The van der Waals surface area contributed by atoms with Crippen LogP contribution >= 0.6 is 0 Å². The number of benzene rings is 3. The van der Waals surface area contributed by atoms with E-state index in [0.29, 0.717) is 29.9 Å². The third-order valence-electron chi connectivity index (χ3n) is 5.56. The van der Waals surface area contributed by atoms with Crippen LogP contribution in [0, 0.1) is 6.92 Å². The van der Waals surface area contributed by atoms with E-state index in [2.05, 4.69) is 5.10 Å². The summed E-state index contributed by atoms with van der Waals surface area (Å²) in [4.78, 5) is 12.4. The zero-order valence-corrected chi connectivity index (χ0v) is 20.5. The summed E-state index contributed by atoms with van der Waals surface area (Å²) in [6, 6.07) is 17.4. The zero-order valence-electron chi connectivity index (χ0n) is 19.7. The smallest absolute Gasteiger partial charge is 0.341 e. The van der Waals surface area contributed by atoms with Crippen molar-refractivity contribution in [3.05, 3.63) is 83.6 Å². The maximum absolute atomic E-state index is 12.3. The molecule has 4 aromatic rings. The summed E-state index contributed by atoms with van der Waals surface area (Å²) in [7, 11) is -0.627. The topological polar surface area (TPSA) is 96.7 Å². The van der Waals surface area contributed by atoms with Crippen LogP contribution in [0.25, 0.3) is 10.9 Å². The third-order valence-corrected chi connectivity index (χ3v) is 6.89. The summed E-state index contributed by atoms with van der Waals surface area (Å²) in [6.45, 7) is 1.98. The molecule has 8 nitrogen and oxygen atoms in total. The molecular weight excluding hydrogens is 468 g/mol. The number of ether oxygens (including phenoxy) is 2. The predicted octanol–water partition coefficient (Wildman–Crippen LogP) is 4.80. The highest BCUT2D eigenvalue weighted by Gasteiger charge is 2.17. The number of aryl methyl sites for hydroxylation is 3. The molecule has 0 N–H and O–H groups in total.